The zero-order valence-corrected chi connectivity index (χ0v) is 14.0. The number of hydrogen-bond donors (Lipinski definition) is 2. The standard InChI is InChI=1S/C18H29NO3/c1-4-16(15-11-14(2)5-6-17(15)21-3)19-12-18(7-9-20)8-10-22-13-18/h5-6,11,16,19-20H,4,7-10,12-13H2,1-3H3. The average molecular weight is 307 g/mol. The SMILES string of the molecule is CCC(NCC1(CCO)CCOC1)c1cc(C)ccc1OC. The van der Waals surface area contributed by atoms with E-state index in [1.807, 2.05) is 6.07 Å². The van der Waals surface area contributed by atoms with Crippen LogP contribution in [-0.4, -0.2) is 38.6 Å². The highest BCUT2D eigenvalue weighted by Crippen LogP contribution is 2.34. The van der Waals surface area contributed by atoms with E-state index in [1.54, 1.807) is 7.11 Å². The molecule has 1 aliphatic rings. The van der Waals surface area contributed by atoms with Crippen LogP contribution < -0.4 is 10.1 Å². The topological polar surface area (TPSA) is 50.7 Å². The summed E-state index contributed by atoms with van der Waals surface area (Å²) in [5.74, 6) is 0.934. The van der Waals surface area contributed by atoms with Gasteiger partial charge in [-0.15, -0.1) is 0 Å². The van der Waals surface area contributed by atoms with E-state index in [4.69, 9.17) is 9.47 Å². The predicted octanol–water partition coefficient (Wildman–Crippen LogP) is 2.83. The molecule has 1 saturated heterocycles. The van der Waals surface area contributed by atoms with Crippen molar-refractivity contribution in [2.75, 3.05) is 33.5 Å². The number of hydrogen-bond acceptors (Lipinski definition) is 4. The molecule has 0 aromatic heterocycles. The molecule has 1 fully saturated rings. The maximum absolute atomic E-state index is 9.35. The summed E-state index contributed by atoms with van der Waals surface area (Å²) in [6, 6.07) is 6.57. The van der Waals surface area contributed by atoms with Crippen LogP contribution in [0.25, 0.3) is 0 Å². The number of aryl methyl sites for hydroxylation is 1. The number of aliphatic hydroxyl groups is 1. The fourth-order valence-corrected chi connectivity index (χ4v) is 3.25. The summed E-state index contributed by atoms with van der Waals surface area (Å²) in [4.78, 5) is 0. The summed E-state index contributed by atoms with van der Waals surface area (Å²) in [5.41, 5.74) is 2.52. The van der Waals surface area contributed by atoms with Crippen LogP contribution in [0.4, 0.5) is 0 Å². The van der Waals surface area contributed by atoms with E-state index in [9.17, 15) is 5.11 Å². The third-order valence-electron chi connectivity index (χ3n) is 4.72. The first-order chi connectivity index (χ1) is 10.6. The van der Waals surface area contributed by atoms with Crippen molar-refractivity contribution in [3.8, 4) is 5.75 Å². The van der Waals surface area contributed by atoms with Gasteiger partial charge in [0.15, 0.2) is 0 Å². The van der Waals surface area contributed by atoms with Gasteiger partial charge in [0.05, 0.1) is 13.7 Å². The first-order valence-electron chi connectivity index (χ1n) is 8.20. The van der Waals surface area contributed by atoms with E-state index in [-0.39, 0.29) is 18.1 Å². The Hall–Kier alpha value is -1.10. The number of methoxy groups -OCH3 is 1. The molecule has 1 aromatic rings. The highest BCUT2D eigenvalue weighted by atomic mass is 16.5. The lowest BCUT2D eigenvalue weighted by atomic mass is 9.83. The monoisotopic (exact) mass is 307 g/mol. The fourth-order valence-electron chi connectivity index (χ4n) is 3.25. The van der Waals surface area contributed by atoms with Crippen molar-refractivity contribution in [2.24, 2.45) is 5.41 Å². The van der Waals surface area contributed by atoms with Crippen LogP contribution in [0.5, 0.6) is 5.75 Å². The zero-order valence-electron chi connectivity index (χ0n) is 14.0. The number of nitrogens with one attached hydrogen (secondary N) is 1. The van der Waals surface area contributed by atoms with Crippen LogP contribution in [0, 0.1) is 12.3 Å². The number of aliphatic hydroxyl groups excluding tert-OH is 1. The molecule has 0 amide bonds. The van der Waals surface area contributed by atoms with E-state index < -0.39 is 0 Å². The predicted molar refractivity (Wildman–Crippen MR) is 88.3 cm³/mol. The van der Waals surface area contributed by atoms with Crippen LogP contribution in [-0.2, 0) is 4.74 Å². The lowest BCUT2D eigenvalue weighted by Crippen LogP contribution is -2.37. The molecule has 0 saturated carbocycles. The summed E-state index contributed by atoms with van der Waals surface area (Å²) >= 11 is 0. The maximum atomic E-state index is 9.35. The van der Waals surface area contributed by atoms with Gasteiger partial charge in [0, 0.05) is 36.8 Å². The molecular weight excluding hydrogens is 278 g/mol. The van der Waals surface area contributed by atoms with Gasteiger partial charge < -0.3 is 19.9 Å². The van der Waals surface area contributed by atoms with Gasteiger partial charge in [-0.05, 0) is 32.3 Å². The third-order valence-corrected chi connectivity index (χ3v) is 4.72. The first kappa shape index (κ1) is 17.3. The molecule has 0 aliphatic carbocycles. The Kier molecular flexibility index (Phi) is 6.24. The zero-order chi connectivity index (χ0) is 16.0. The molecule has 2 N–H and O–H groups in total. The second kappa shape index (κ2) is 7.95. The van der Waals surface area contributed by atoms with Crippen molar-refractivity contribution < 1.29 is 14.6 Å². The first-order valence-corrected chi connectivity index (χ1v) is 8.20. The summed E-state index contributed by atoms with van der Waals surface area (Å²) in [5, 5.41) is 13.0. The van der Waals surface area contributed by atoms with Crippen LogP contribution in [0.1, 0.15) is 43.4 Å². The average Bonchev–Trinajstić information content (AvgIpc) is 2.97. The lowest BCUT2D eigenvalue weighted by Gasteiger charge is -2.30. The maximum Gasteiger partial charge on any atom is 0.123 e. The lowest BCUT2D eigenvalue weighted by molar-refractivity contribution is 0.121. The molecule has 22 heavy (non-hydrogen) atoms. The van der Waals surface area contributed by atoms with Gasteiger partial charge in [-0.2, -0.15) is 0 Å². The van der Waals surface area contributed by atoms with Crippen molar-refractivity contribution in [2.45, 2.75) is 39.2 Å². The van der Waals surface area contributed by atoms with Gasteiger partial charge >= 0.3 is 0 Å². The molecule has 124 valence electrons. The molecule has 4 nitrogen and oxygen atoms in total. The smallest absolute Gasteiger partial charge is 0.123 e. The van der Waals surface area contributed by atoms with Crippen LogP contribution >= 0.6 is 0 Å². The molecular formula is C18H29NO3. The molecule has 0 spiro atoms. The van der Waals surface area contributed by atoms with Gasteiger partial charge in [0.25, 0.3) is 0 Å². The molecule has 2 atom stereocenters. The largest absolute Gasteiger partial charge is 0.496 e. The van der Waals surface area contributed by atoms with Gasteiger partial charge in [-0.1, -0.05) is 24.6 Å². The number of rotatable bonds is 8. The van der Waals surface area contributed by atoms with Crippen LogP contribution in [0.3, 0.4) is 0 Å². The van der Waals surface area contributed by atoms with Crippen molar-refractivity contribution in [1.29, 1.82) is 0 Å². The quantitative estimate of drug-likeness (QED) is 0.775. The Morgan fingerprint density at radius 2 is 2.27 bits per heavy atom. The van der Waals surface area contributed by atoms with E-state index >= 15 is 0 Å². The minimum absolute atomic E-state index is 0.0687. The van der Waals surface area contributed by atoms with Gasteiger partial charge in [-0.25, -0.2) is 0 Å². The van der Waals surface area contributed by atoms with Gasteiger partial charge in [-0.3, -0.25) is 0 Å². The van der Waals surface area contributed by atoms with Crippen molar-refractivity contribution in [1.82, 2.24) is 5.32 Å². The van der Waals surface area contributed by atoms with Crippen molar-refractivity contribution in [3.05, 3.63) is 29.3 Å². The van der Waals surface area contributed by atoms with Crippen LogP contribution in [0.2, 0.25) is 0 Å². The number of ether oxygens (including phenoxy) is 2. The molecule has 2 unspecified atom stereocenters. The summed E-state index contributed by atoms with van der Waals surface area (Å²) in [6.07, 6.45) is 2.80. The third kappa shape index (κ3) is 4.00. The molecule has 0 bridgehead atoms. The van der Waals surface area contributed by atoms with Gasteiger partial charge in [0.1, 0.15) is 5.75 Å². The summed E-state index contributed by atoms with van der Waals surface area (Å²) < 4.78 is 11.1. The Morgan fingerprint density at radius 1 is 1.45 bits per heavy atom. The Bertz CT molecular complexity index is 469. The molecule has 1 heterocycles. The van der Waals surface area contributed by atoms with Crippen LogP contribution in [0.15, 0.2) is 18.2 Å². The Balaban J connectivity index is 2.10. The Morgan fingerprint density at radius 3 is 2.86 bits per heavy atom. The highest BCUT2D eigenvalue weighted by molar-refractivity contribution is 5.39. The number of benzene rings is 1. The van der Waals surface area contributed by atoms with E-state index in [2.05, 4.69) is 31.3 Å². The molecule has 2 rings (SSSR count). The second-order valence-electron chi connectivity index (χ2n) is 6.36. The molecule has 1 aliphatic heterocycles. The molecule has 1 aromatic carbocycles. The summed E-state index contributed by atoms with van der Waals surface area (Å²) in [6.45, 7) is 6.91. The summed E-state index contributed by atoms with van der Waals surface area (Å²) in [7, 11) is 1.72. The molecule has 4 heteroatoms. The highest BCUT2D eigenvalue weighted by Gasteiger charge is 2.34. The minimum atomic E-state index is 0.0687. The van der Waals surface area contributed by atoms with E-state index in [1.165, 1.54) is 11.1 Å². The molecule has 0 radical (unpaired) electrons. The van der Waals surface area contributed by atoms with E-state index in [0.717, 1.165) is 44.8 Å². The van der Waals surface area contributed by atoms with Crippen molar-refractivity contribution >= 4 is 0 Å². The minimum Gasteiger partial charge on any atom is -0.496 e. The van der Waals surface area contributed by atoms with E-state index in [0.29, 0.717) is 0 Å². The second-order valence-corrected chi connectivity index (χ2v) is 6.36. The fraction of sp³-hybridized carbons (Fsp3) is 0.667. The van der Waals surface area contributed by atoms with Gasteiger partial charge in [0.2, 0.25) is 0 Å². The normalized spacial score (nSPS) is 22.7. The Labute approximate surface area is 133 Å². The van der Waals surface area contributed by atoms with Crippen molar-refractivity contribution in [3.63, 3.8) is 0 Å².